The number of aryl methyl sites for hydroxylation is 1. The smallest absolute Gasteiger partial charge is 0.307 e. The minimum absolute atomic E-state index is 0.164. The van der Waals surface area contributed by atoms with Gasteiger partial charge in [0.1, 0.15) is 0 Å². The molecular weight excluding hydrogens is 272 g/mol. The molecule has 114 valence electrons. The number of nitrogens with zero attached hydrogens (tertiary/aromatic N) is 1. The molecule has 3 atom stereocenters. The lowest BCUT2D eigenvalue weighted by molar-refractivity contribution is -0.145. The first-order chi connectivity index (χ1) is 9.92. The van der Waals surface area contributed by atoms with E-state index in [1.54, 1.807) is 7.05 Å². The zero-order chi connectivity index (χ0) is 15.6. The second kappa shape index (κ2) is 6.11. The average molecular weight is 292 g/mol. The summed E-state index contributed by atoms with van der Waals surface area (Å²) in [6.45, 7) is 2.01. The van der Waals surface area contributed by atoms with E-state index in [4.69, 9.17) is 0 Å². The number of pyridine rings is 1. The highest BCUT2D eigenvalue weighted by Crippen LogP contribution is 2.38. The van der Waals surface area contributed by atoms with Crippen LogP contribution in [0.3, 0.4) is 0 Å². The summed E-state index contributed by atoms with van der Waals surface area (Å²) in [6, 6.07) is 2.90. The van der Waals surface area contributed by atoms with Crippen LogP contribution in [0.25, 0.3) is 0 Å². The van der Waals surface area contributed by atoms with Crippen LogP contribution < -0.4 is 10.9 Å². The minimum Gasteiger partial charge on any atom is -0.481 e. The van der Waals surface area contributed by atoms with Gasteiger partial charge in [-0.1, -0.05) is 13.3 Å². The lowest BCUT2D eigenvalue weighted by Crippen LogP contribution is -2.30. The number of hydrogen-bond donors (Lipinski definition) is 2. The first-order valence-electron chi connectivity index (χ1n) is 7.12. The zero-order valence-electron chi connectivity index (χ0n) is 12.2. The zero-order valence-corrected chi connectivity index (χ0v) is 12.2. The second-order valence-electron chi connectivity index (χ2n) is 5.65. The lowest BCUT2D eigenvalue weighted by atomic mass is 9.95. The Morgan fingerprint density at radius 3 is 2.57 bits per heavy atom. The highest BCUT2D eigenvalue weighted by molar-refractivity contribution is 5.95. The molecule has 1 heterocycles. The monoisotopic (exact) mass is 292 g/mol. The van der Waals surface area contributed by atoms with Crippen LogP contribution in [-0.2, 0) is 16.6 Å². The summed E-state index contributed by atoms with van der Waals surface area (Å²) in [4.78, 5) is 34.9. The van der Waals surface area contributed by atoms with E-state index >= 15 is 0 Å². The van der Waals surface area contributed by atoms with E-state index in [1.165, 1.54) is 22.9 Å². The number of amides is 1. The molecule has 0 aromatic carbocycles. The molecule has 2 N–H and O–H groups in total. The molecule has 1 aliphatic rings. The quantitative estimate of drug-likeness (QED) is 0.879. The van der Waals surface area contributed by atoms with Crippen molar-refractivity contribution in [2.45, 2.75) is 26.2 Å². The predicted molar refractivity (Wildman–Crippen MR) is 77.9 cm³/mol. The van der Waals surface area contributed by atoms with Crippen molar-refractivity contribution in [3.8, 4) is 0 Å². The Morgan fingerprint density at radius 1 is 1.33 bits per heavy atom. The number of carboxylic acids is 1. The van der Waals surface area contributed by atoms with Gasteiger partial charge in [-0.25, -0.2) is 0 Å². The number of aliphatic carboxylic acids is 1. The Labute approximate surface area is 122 Å². The van der Waals surface area contributed by atoms with Crippen LogP contribution >= 0.6 is 0 Å². The standard InChI is InChI=1S/C15H20N2O4/c1-3-9-6-11(12(7-9)15(20)21)14(19)16-10-4-5-13(18)17(2)8-10/h4-5,8-9,11-12H,3,6-7H2,1-2H3,(H,16,19)(H,20,21). The van der Waals surface area contributed by atoms with Gasteiger partial charge in [0.2, 0.25) is 11.5 Å². The Morgan fingerprint density at radius 2 is 2.00 bits per heavy atom. The van der Waals surface area contributed by atoms with E-state index in [9.17, 15) is 19.5 Å². The molecule has 1 aromatic rings. The van der Waals surface area contributed by atoms with Crippen molar-refractivity contribution in [1.29, 1.82) is 0 Å². The van der Waals surface area contributed by atoms with Crippen molar-refractivity contribution in [1.82, 2.24) is 4.57 Å². The summed E-state index contributed by atoms with van der Waals surface area (Å²) in [5.74, 6) is -2.04. The second-order valence-corrected chi connectivity index (χ2v) is 5.65. The van der Waals surface area contributed by atoms with Crippen LogP contribution in [-0.4, -0.2) is 21.6 Å². The summed E-state index contributed by atoms with van der Waals surface area (Å²) in [5.41, 5.74) is 0.342. The van der Waals surface area contributed by atoms with Gasteiger partial charge in [-0.05, 0) is 24.8 Å². The first-order valence-corrected chi connectivity index (χ1v) is 7.12. The van der Waals surface area contributed by atoms with Gasteiger partial charge in [-0.2, -0.15) is 0 Å². The molecule has 0 radical (unpaired) electrons. The molecule has 0 saturated heterocycles. The normalized spacial score (nSPS) is 24.8. The number of carbonyl (C=O) groups is 2. The Kier molecular flexibility index (Phi) is 4.45. The van der Waals surface area contributed by atoms with Crippen molar-refractivity contribution >= 4 is 17.6 Å². The highest BCUT2D eigenvalue weighted by Gasteiger charge is 2.42. The molecule has 1 aliphatic carbocycles. The number of aromatic nitrogens is 1. The highest BCUT2D eigenvalue weighted by atomic mass is 16.4. The number of anilines is 1. The third-order valence-electron chi connectivity index (χ3n) is 4.24. The lowest BCUT2D eigenvalue weighted by Gasteiger charge is -2.15. The van der Waals surface area contributed by atoms with Gasteiger partial charge in [0.05, 0.1) is 17.5 Å². The molecular formula is C15H20N2O4. The molecule has 21 heavy (non-hydrogen) atoms. The summed E-state index contributed by atoms with van der Waals surface area (Å²) in [7, 11) is 1.60. The molecule has 1 amide bonds. The van der Waals surface area contributed by atoms with Crippen LogP contribution in [0.4, 0.5) is 5.69 Å². The number of hydrogen-bond acceptors (Lipinski definition) is 3. The third kappa shape index (κ3) is 3.32. The van der Waals surface area contributed by atoms with E-state index in [0.29, 0.717) is 18.5 Å². The predicted octanol–water partition coefficient (Wildman–Crippen LogP) is 1.46. The molecule has 2 rings (SSSR count). The van der Waals surface area contributed by atoms with E-state index in [1.807, 2.05) is 6.92 Å². The summed E-state index contributed by atoms with van der Waals surface area (Å²) < 4.78 is 1.37. The van der Waals surface area contributed by atoms with Crippen LogP contribution in [0, 0.1) is 17.8 Å². The molecule has 6 nitrogen and oxygen atoms in total. The van der Waals surface area contributed by atoms with Gasteiger partial charge in [-0.3, -0.25) is 14.4 Å². The maximum absolute atomic E-state index is 12.3. The molecule has 3 unspecified atom stereocenters. The number of carboxylic acid groups (broad SMARTS) is 1. The molecule has 0 bridgehead atoms. The van der Waals surface area contributed by atoms with E-state index in [0.717, 1.165) is 6.42 Å². The largest absolute Gasteiger partial charge is 0.481 e. The van der Waals surface area contributed by atoms with Crippen LogP contribution in [0.1, 0.15) is 26.2 Å². The van der Waals surface area contributed by atoms with Crippen molar-refractivity contribution in [2.24, 2.45) is 24.8 Å². The van der Waals surface area contributed by atoms with Crippen molar-refractivity contribution < 1.29 is 14.7 Å². The maximum atomic E-state index is 12.3. The van der Waals surface area contributed by atoms with E-state index in [-0.39, 0.29) is 17.4 Å². The van der Waals surface area contributed by atoms with Gasteiger partial charge >= 0.3 is 5.97 Å². The number of carbonyl (C=O) groups excluding carboxylic acids is 1. The summed E-state index contributed by atoms with van der Waals surface area (Å²) >= 11 is 0. The van der Waals surface area contributed by atoms with Gasteiger partial charge in [0, 0.05) is 19.3 Å². The third-order valence-corrected chi connectivity index (χ3v) is 4.24. The van der Waals surface area contributed by atoms with Crippen molar-refractivity contribution in [2.75, 3.05) is 5.32 Å². The van der Waals surface area contributed by atoms with E-state index in [2.05, 4.69) is 5.32 Å². The Hall–Kier alpha value is -2.11. The maximum Gasteiger partial charge on any atom is 0.307 e. The van der Waals surface area contributed by atoms with Crippen LogP contribution in [0.2, 0.25) is 0 Å². The Bertz CT molecular complexity index is 608. The van der Waals surface area contributed by atoms with Gasteiger partial charge in [0.15, 0.2) is 0 Å². The summed E-state index contributed by atoms with van der Waals surface area (Å²) in [6.07, 6.45) is 3.57. The SMILES string of the molecule is CCC1CC(C(=O)O)C(C(=O)Nc2ccc(=O)n(C)c2)C1. The first kappa shape index (κ1) is 15.3. The summed E-state index contributed by atoms with van der Waals surface area (Å²) in [5, 5.41) is 12.0. The Balaban J connectivity index is 2.12. The molecule has 1 aromatic heterocycles. The van der Waals surface area contributed by atoms with Crippen LogP contribution in [0.5, 0.6) is 0 Å². The van der Waals surface area contributed by atoms with Crippen LogP contribution in [0.15, 0.2) is 23.1 Å². The average Bonchev–Trinajstić information content (AvgIpc) is 2.87. The number of rotatable bonds is 4. The molecule has 0 aliphatic heterocycles. The minimum atomic E-state index is -0.911. The fourth-order valence-electron chi connectivity index (χ4n) is 2.94. The van der Waals surface area contributed by atoms with Crippen molar-refractivity contribution in [3.05, 3.63) is 28.7 Å². The van der Waals surface area contributed by atoms with Gasteiger partial charge < -0.3 is 15.0 Å². The number of nitrogens with one attached hydrogen (secondary N) is 1. The topological polar surface area (TPSA) is 88.4 Å². The fourth-order valence-corrected chi connectivity index (χ4v) is 2.94. The van der Waals surface area contributed by atoms with Gasteiger partial charge in [-0.15, -0.1) is 0 Å². The molecule has 1 fully saturated rings. The van der Waals surface area contributed by atoms with E-state index < -0.39 is 17.8 Å². The molecule has 0 spiro atoms. The van der Waals surface area contributed by atoms with Gasteiger partial charge in [0.25, 0.3) is 0 Å². The molecule has 1 saturated carbocycles. The molecule has 6 heteroatoms. The fraction of sp³-hybridized carbons (Fsp3) is 0.533. The van der Waals surface area contributed by atoms with Crippen molar-refractivity contribution in [3.63, 3.8) is 0 Å².